The number of carbonyl (C=O) groups excluding carboxylic acids is 1. The van der Waals surface area contributed by atoms with Crippen molar-refractivity contribution in [3.8, 4) is 11.5 Å². The number of methoxy groups -OCH3 is 1. The Hall–Kier alpha value is -1.05. The average Bonchev–Trinajstić information content (AvgIpc) is 2.63. The van der Waals surface area contributed by atoms with E-state index in [2.05, 4.69) is 21.2 Å². The standard InChI is InChI=1S/C11H8BrNO3S2/c1-16-6-2-5(9(14)7(12)4-6)3-8-10(15)13-11(17)18-8/h2-4,14H,1H3,(H,13,15,17)/b8-3+. The minimum atomic E-state index is -0.261. The summed E-state index contributed by atoms with van der Waals surface area (Å²) in [5, 5.41) is 12.4. The molecule has 0 atom stereocenters. The van der Waals surface area contributed by atoms with Gasteiger partial charge in [0.2, 0.25) is 0 Å². The second-order valence-electron chi connectivity index (χ2n) is 3.40. The summed E-state index contributed by atoms with van der Waals surface area (Å²) >= 11 is 9.27. The topological polar surface area (TPSA) is 58.6 Å². The second kappa shape index (κ2) is 5.29. The maximum Gasteiger partial charge on any atom is 0.263 e. The maximum atomic E-state index is 11.5. The number of thiocarbonyl (C=S) groups is 1. The van der Waals surface area contributed by atoms with Gasteiger partial charge in [-0.1, -0.05) is 24.0 Å². The van der Waals surface area contributed by atoms with Gasteiger partial charge in [-0.15, -0.1) is 0 Å². The smallest absolute Gasteiger partial charge is 0.263 e. The van der Waals surface area contributed by atoms with E-state index in [1.54, 1.807) is 18.2 Å². The highest BCUT2D eigenvalue weighted by Gasteiger charge is 2.22. The Kier molecular flexibility index (Phi) is 3.94. The van der Waals surface area contributed by atoms with Crippen LogP contribution in [0.5, 0.6) is 11.5 Å². The van der Waals surface area contributed by atoms with Crippen LogP contribution >= 0.6 is 39.9 Å². The van der Waals surface area contributed by atoms with Crippen LogP contribution in [-0.4, -0.2) is 22.4 Å². The Bertz CT molecular complexity index is 572. The van der Waals surface area contributed by atoms with Crippen molar-refractivity contribution in [1.29, 1.82) is 0 Å². The Labute approximate surface area is 122 Å². The first-order valence-corrected chi connectivity index (χ1v) is 6.84. The predicted octanol–water partition coefficient (Wildman–Crippen LogP) is 2.65. The maximum absolute atomic E-state index is 11.5. The summed E-state index contributed by atoms with van der Waals surface area (Å²) in [5.74, 6) is 0.371. The van der Waals surface area contributed by atoms with Crippen LogP contribution in [0.4, 0.5) is 0 Å². The molecule has 0 aromatic heterocycles. The summed E-state index contributed by atoms with van der Waals surface area (Å²) in [6, 6.07) is 3.28. The fourth-order valence-electron chi connectivity index (χ4n) is 1.38. The number of phenolic OH excluding ortho intramolecular Hbond substituents is 1. The lowest BCUT2D eigenvalue weighted by molar-refractivity contribution is -0.115. The van der Waals surface area contributed by atoms with Gasteiger partial charge >= 0.3 is 0 Å². The van der Waals surface area contributed by atoms with Gasteiger partial charge in [0, 0.05) is 5.56 Å². The van der Waals surface area contributed by atoms with Gasteiger partial charge in [-0.2, -0.15) is 0 Å². The van der Waals surface area contributed by atoms with Crippen LogP contribution in [-0.2, 0) is 4.79 Å². The normalized spacial score (nSPS) is 17.1. The monoisotopic (exact) mass is 345 g/mol. The summed E-state index contributed by atoms with van der Waals surface area (Å²) < 4.78 is 6.01. The van der Waals surface area contributed by atoms with Crippen molar-refractivity contribution in [2.75, 3.05) is 7.11 Å². The van der Waals surface area contributed by atoms with Gasteiger partial charge in [-0.25, -0.2) is 0 Å². The van der Waals surface area contributed by atoms with E-state index in [4.69, 9.17) is 17.0 Å². The minimum Gasteiger partial charge on any atom is -0.506 e. The average molecular weight is 346 g/mol. The summed E-state index contributed by atoms with van der Waals surface area (Å²) in [7, 11) is 1.53. The SMILES string of the molecule is COc1cc(Br)c(O)c(/C=C2/SC(=S)NC2=O)c1. The number of carbonyl (C=O) groups is 1. The number of halogens is 1. The van der Waals surface area contributed by atoms with Gasteiger partial charge < -0.3 is 15.2 Å². The first kappa shape index (κ1) is 13.4. The Morgan fingerprint density at radius 2 is 2.28 bits per heavy atom. The second-order valence-corrected chi connectivity index (χ2v) is 5.97. The largest absolute Gasteiger partial charge is 0.506 e. The quantitative estimate of drug-likeness (QED) is 0.637. The van der Waals surface area contributed by atoms with Gasteiger partial charge in [-0.3, -0.25) is 4.79 Å². The van der Waals surface area contributed by atoms with Crippen molar-refractivity contribution < 1.29 is 14.6 Å². The summed E-state index contributed by atoms with van der Waals surface area (Å²) in [5.41, 5.74) is 0.489. The van der Waals surface area contributed by atoms with Crippen LogP contribution in [0.3, 0.4) is 0 Å². The van der Waals surface area contributed by atoms with E-state index in [-0.39, 0.29) is 11.7 Å². The van der Waals surface area contributed by atoms with Crippen molar-refractivity contribution in [3.05, 3.63) is 27.1 Å². The number of aromatic hydroxyl groups is 1. The molecule has 1 saturated heterocycles. The molecule has 1 amide bonds. The minimum absolute atomic E-state index is 0.0505. The molecule has 18 heavy (non-hydrogen) atoms. The zero-order valence-electron chi connectivity index (χ0n) is 9.19. The highest BCUT2D eigenvalue weighted by Crippen LogP contribution is 2.36. The molecule has 0 unspecified atom stereocenters. The number of phenols is 1. The molecule has 0 radical (unpaired) electrons. The lowest BCUT2D eigenvalue weighted by Crippen LogP contribution is -2.17. The molecule has 2 rings (SSSR count). The van der Waals surface area contributed by atoms with Crippen molar-refractivity contribution in [3.63, 3.8) is 0 Å². The van der Waals surface area contributed by atoms with Crippen LogP contribution in [0.2, 0.25) is 0 Å². The third kappa shape index (κ3) is 2.68. The van der Waals surface area contributed by atoms with E-state index < -0.39 is 0 Å². The molecule has 1 aromatic rings. The predicted molar refractivity (Wildman–Crippen MR) is 78.7 cm³/mol. The molecule has 0 bridgehead atoms. The van der Waals surface area contributed by atoms with Gasteiger partial charge in [0.05, 0.1) is 16.5 Å². The zero-order chi connectivity index (χ0) is 13.3. The van der Waals surface area contributed by atoms with Gasteiger partial charge in [0.25, 0.3) is 5.91 Å². The molecule has 1 aliphatic rings. The van der Waals surface area contributed by atoms with Crippen molar-refractivity contribution in [2.45, 2.75) is 0 Å². The number of nitrogens with one attached hydrogen (secondary N) is 1. The molecule has 4 nitrogen and oxygen atoms in total. The highest BCUT2D eigenvalue weighted by molar-refractivity contribution is 9.10. The van der Waals surface area contributed by atoms with E-state index in [9.17, 15) is 9.90 Å². The van der Waals surface area contributed by atoms with Gasteiger partial charge in [0.1, 0.15) is 15.8 Å². The van der Waals surface area contributed by atoms with Crippen LogP contribution in [0.15, 0.2) is 21.5 Å². The molecule has 2 N–H and O–H groups in total. The Balaban J connectivity index is 2.45. The number of hydrogen-bond acceptors (Lipinski definition) is 5. The van der Waals surface area contributed by atoms with Gasteiger partial charge in [0.15, 0.2) is 0 Å². The van der Waals surface area contributed by atoms with E-state index in [0.717, 1.165) is 11.8 Å². The fourth-order valence-corrected chi connectivity index (χ4v) is 2.87. The van der Waals surface area contributed by atoms with Crippen molar-refractivity contribution in [1.82, 2.24) is 5.32 Å². The van der Waals surface area contributed by atoms with Gasteiger partial charge in [-0.05, 0) is 34.1 Å². The molecule has 94 valence electrons. The lowest BCUT2D eigenvalue weighted by atomic mass is 10.1. The molecule has 0 spiro atoms. The summed E-state index contributed by atoms with van der Waals surface area (Å²) in [6.45, 7) is 0. The Morgan fingerprint density at radius 1 is 1.56 bits per heavy atom. The highest BCUT2D eigenvalue weighted by atomic mass is 79.9. The third-order valence-electron chi connectivity index (χ3n) is 2.23. The van der Waals surface area contributed by atoms with E-state index in [1.807, 2.05) is 0 Å². The number of amides is 1. The molecule has 1 aliphatic heterocycles. The van der Waals surface area contributed by atoms with Crippen LogP contribution < -0.4 is 10.1 Å². The number of hydrogen-bond donors (Lipinski definition) is 2. The third-order valence-corrected chi connectivity index (χ3v) is 4.00. The van der Waals surface area contributed by atoms with Crippen molar-refractivity contribution in [2.24, 2.45) is 0 Å². The van der Waals surface area contributed by atoms with Crippen LogP contribution in [0.25, 0.3) is 6.08 Å². The molecular formula is C11H8BrNO3S2. The number of ether oxygens (including phenoxy) is 1. The fraction of sp³-hybridized carbons (Fsp3) is 0.0909. The molecule has 7 heteroatoms. The van der Waals surface area contributed by atoms with E-state index in [1.165, 1.54) is 7.11 Å². The van der Waals surface area contributed by atoms with Crippen molar-refractivity contribution >= 4 is 56.2 Å². The number of rotatable bonds is 2. The molecule has 1 fully saturated rings. The van der Waals surface area contributed by atoms with Crippen LogP contribution in [0.1, 0.15) is 5.56 Å². The Morgan fingerprint density at radius 3 is 2.83 bits per heavy atom. The molecule has 0 aliphatic carbocycles. The molecular weight excluding hydrogens is 338 g/mol. The first-order chi connectivity index (χ1) is 8.51. The number of thioether (sulfide) groups is 1. The lowest BCUT2D eigenvalue weighted by Gasteiger charge is -2.06. The number of benzene rings is 1. The van der Waals surface area contributed by atoms with Crippen LogP contribution in [0, 0.1) is 0 Å². The zero-order valence-corrected chi connectivity index (χ0v) is 12.4. The molecule has 0 saturated carbocycles. The summed E-state index contributed by atoms with van der Waals surface area (Å²) in [4.78, 5) is 12.0. The molecule has 1 aromatic carbocycles. The molecule has 1 heterocycles. The summed E-state index contributed by atoms with van der Waals surface area (Å²) in [6.07, 6.45) is 1.57. The van der Waals surface area contributed by atoms with E-state index in [0.29, 0.717) is 25.0 Å². The first-order valence-electron chi connectivity index (χ1n) is 4.82. The van der Waals surface area contributed by atoms with E-state index >= 15 is 0 Å².